The van der Waals surface area contributed by atoms with Gasteiger partial charge in [0.2, 0.25) is 0 Å². The Morgan fingerprint density at radius 3 is 0.708 bits per heavy atom. The predicted octanol–water partition coefficient (Wildman–Crippen LogP) is 22.9. The fourth-order valence-electron chi connectivity index (χ4n) is 11.9. The van der Waals surface area contributed by atoms with Crippen LogP contribution in [0, 0.1) is 5.92 Å². The van der Waals surface area contributed by atoms with Crippen molar-refractivity contribution in [2.45, 2.75) is 425 Å². The van der Waals surface area contributed by atoms with Crippen LogP contribution in [0.4, 0.5) is 0 Å². The molecule has 0 aliphatic rings. The van der Waals surface area contributed by atoms with E-state index >= 15 is 0 Å². The highest BCUT2D eigenvalue weighted by Gasteiger charge is 2.30. The molecule has 0 fully saturated rings. The highest BCUT2D eigenvalue weighted by atomic mass is 31.2. The summed E-state index contributed by atoms with van der Waals surface area (Å²) in [5, 5.41) is 10.6. The quantitative estimate of drug-likeness (QED) is 0.0222. The number of phosphoric ester groups is 2. The molecule has 0 radical (unpaired) electrons. The molecule has 0 rings (SSSR count). The monoisotopic (exact) mass is 1410 g/mol. The lowest BCUT2D eigenvalue weighted by molar-refractivity contribution is -0.161. The van der Waals surface area contributed by atoms with Gasteiger partial charge in [-0.1, -0.05) is 356 Å². The summed E-state index contributed by atoms with van der Waals surface area (Å²) < 4.78 is 68.5. The summed E-state index contributed by atoms with van der Waals surface area (Å²) in [4.78, 5) is 72.8. The predicted molar refractivity (Wildman–Crippen MR) is 391 cm³/mol. The van der Waals surface area contributed by atoms with Crippen LogP contribution in [0.15, 0.2) is 0 Å². The zero-order valence-electron chi connectivity index (χ0n) is 62.5. The molecule has 0 aromatic heterocycles. The van der Waals surface area contributed by atoms with Gasteiger partial charge in [-0.15, -0.1) is 0 Å². The summed E-state index contributed by atoms with van der Waals surface area (Å²) >= 11 is 0. The van der Waals surface area contributed by atoms with Crippen LogP contribution in [0.1, 0.15) is 407 Å². The first-order valence-corrected chi connectivity index (χ1v) is 43.1. The Morgan fingerprint density at radius 1 is 0.281 bits per heavy atom. The molecule has 0 bridgehead atoms. The summed E-state index contributed by atoms with van der Waals surface area (Å²) in [6.07, 6.45) is 59.5. The summed E-state index contributed by atoms with van der Waals surface area (Å²) in [6, 6.07) is 0. The van der Waals surface area contributed by atoms with Crippen molar-refractivity contribution in [3.8, 4) is 0 Å². The largest absolute Gasteiger partial charge is 0.472 e. The van der Waals surface area contributed by atoms with Crippen LogP contribution in [0.5, 0.6) is 0 Å². The molecular weight excluding hydrogens is 1260 g/mol. The highest BCUT2D eigenvalue weighted by Crippen LogP contribution is 2.45. The van der Waals surface area contributed by atoms with E-state index in [2.05, 4.69) is 34.6 Å². The number of unbranched alkanes of at least 4 members (excludes halogenated alkanes) is 49. The van der Waals surface area contributed by atoms with Gasteiger partial charge >= 0.3 is 39.5 Å². The Labute approximate surface area is 588 Å². The van der Waals surface area contributed by atoms with E-state index < -0.39 is 97.5 Å². The van der Waals surface area contributed by atoms with Crippen LogP contribution in [0.2, 0.25) is 0 Å². The molecule has 0 aliphatic carbocycles. The number of esters is 4. The van der Waals surface area contributed by atoms with Gasteiger partial charge in [0.05, 0.1) is 26.4 Å². The van der Waals surface area contributed by atoms with E-state index in [0.717, 1.165) is 95.8 Å². The Balaban J connectivity index is 5.22. The summed E-state index contributed by atoms with van der Waals surface area (Å²) in [6.45, 7) is 7.32. The molecule has 96 heavy (non-hydrogen) atoms. The van der Waals surface area contributed by atoms with Crippen molar-refractivity contribution in [3.63, 3.8) is 0 Å². The van der Waals surface area contributed by atoms with Gasteiger partial charge in [0.25, 0.3) is 0 Å². The Kier molecular flexibility index (Phi) is 68.7. The van der Waals surface area contributed by atoms with E-state index in [4.69, 9.17) is 37.0 Å². The van der Waals surface area contributed by atoms with E-state index in [0.29, 0.717) is 25.7 Å². The van der Waals surface area contributed by atoms with E-state index in [1.165, 1.54) is 231 Å². The SMILES string of the molecule is CCCCCCCCCCCCCCCCCCC(=O)OC[C@H](COP(=O)(O)OC[C@@H](O)COP(=O)(O)OC[C@@H](COC(=O)CCCCCCCCCCCC)OC(=O)CCCCCCCCCCCCC)OC(=O)CCCCCCCCCCCCCCCCCCC(C)C. The average molecular weight is 1410 g/mol. The van der Waals surface area contributed by atoms with Crippen molar-refractivity contribution in [2.75, 3.05) is 39.6 Å². The number of hydrogen-bond acceptors (Lipinski definition) is 15. The van der Waals surface area contributed by atoms with Gasteiger partial charge in [0, 0.05) is 25.7 Å². The third-order valence-corrected chi connectivity index (χ3v) is 19.9. The van der Waals surface area contributed by atoms with Gasteiger partial charge in [-0.05, 0) is 31.6 Å². The second-order valence-electron chi connectivity index (χ2n) is 28.2. The maximum atomic E-state index is 13.1. The zero-order valence-corrected chi connectivity index (χ0v) is 64.3. The van der Waals surface area contributed by atoms with Crippen molar-refractivity contribution in [3.05, 3.63) is 0 Å². The molecule has 2 unspecified atom stereocenters. The van der Waals surface area contributed by atoms with Gasteiger partial charge in [-0.25, -0.2) is 9.13 Å². The van der Waals surface area contributed by atoms with Crippen LogP contribution in [-0.4, -0.2) is 96.7 Å². The lowest BCUT2D eigenvalue weighted by Gasteiger charge is -2.21. The summed E-state index contributed by atoms with van der Waals surface area (Å²) in [5.41, 5.74) is 0. The van der Waals surface area contributed by atoms with Crippen LogP contribution in [-0.2, 0) is 65.4 Å². The van der Waals surface area contributed by atoms with E-state index in [-0.39, 0.29) is 25.7 Å². The Bertz CT molecular complexity index is 1840. The molecule has 0 aliphatic heterocycles. The Hall–Kier alpha value is -1.94. The lowest BCUT2D eigenvalue weighted by atomic mass is 10.0. The highest BCUT2D eigenvalue weighted by molar-refractivity contribution is 7.47. The first-order valence-electron chi connectivity index (χ1n) is 40.1. The van der Waals surface area contributed by atoms with Crippen molar-refractivity contribution < 1.29 is 80.2 Å². The molecule has 570 valence electrons. The first-order chi connectivity index (χ1) is 46.5. The van der Waals surface area contributed by atoms with Crippen LogP contribution < -0.4 is 0 Å². The van der Waals surface area contributed by atoms with Crippen LogP contribution in [0.25, 0.3) is 0 Å². The van der Waals surface area contributed by atoms with E-state index in [1.54, 1.807) is 0 Å². The third kappa shape index (κ3) is 70.5. The normalized spacial score (nSPS) is 13.9. The molecule has 0 heterocycles. The first kappa shape index (κ1) is 94.1. The second-order valence-corrected chi connectivity index (χ2v) is 31.1. The topological polar surface area (TPSA) is 237 Å². The number of carbonyl (C=O) groups excluding carboxylic acids is 4. The van der Waals surface area contributed by atoms with Crippen molar-refractivity contribution in [1.29, 1.82) is 0 Å². The Morgan fingerprint density at radius 2 is 0.479 bits per heavy atom. The number of ether oxygens (including phenoxy) is 4. The molecule has 0 aromatic rings. The van der Waals surface area contributed by atoms with Gasteiger partial charge in [0.1, 0.15) is 19.3 Å². The van der Waals surface area contributed by atoms with Crippen molar-refractivity contribution >= 4 is 39.5 Å². The molecule has 5 atom stereocenters. The summed E-state index contributed by atoms with van der Waals surface area (Å²) in [5.74, 6) is -1.30. The number of aliphatic hydroxyl groups is 1. The fraction of sp³-hybridized carbons (Fsp3) is 0.948. The average Bonchev–Trinajstić information content (AvgIpc) is 1.34. The molecular formula is C77H150O17P2. The summed E-state index contributed by atoms with van der Waals surface area (Å²) in [7, 11) is -9.91. The maximum absolute atomic E-state index is 13.1. The third-order valence-electron chi connectivity index (χ3n) is 18.0. The number of phosphoric acid groups is 2. The molecule has 0 saturated carbocycles. The van der Waals surface area contributed by atoms with Crippen LogP contribution >= 0.6 is 15.6 Å². The minimum atomic E-state index is -4.96. The smallest absolute Gasteiger partial charge is 0.462 e. The molecule has 0 amide bonds. The fourth-order valence-corrected chi connectivity index (χ4v) is 13.5. The number of hydrogen-bond donors (Lipinski definition) is 3. The minimum Gasteiger partial charge on any atom is -0.462 e. The molecule has 19 heteroatoms. The minimum absolute atomic E-state index is 0.107. The van der Waals surface area contributed by atoms with Gasteiger partial charge in [0.15, 0.2) is 12.2 Å². The van der Waals surface area contributed by atoms with Crippen molar-refractivity contribution in [1.82, 2.24) is 0 Å². The number of aliphatic hydroxyl groups excluding tert-OH is 1. The van der Waals surface area contributed by atoms with Gasteiger partial charge in [-0.2, -0.15) is 0 Å². The van der Waals surface area contributed by atoms with Crippen molar-refractivity contribution in [2.24, 2.45) is 5.92 Å². The van der Waals surface area contributed by atoms with Gasteiger partial charge in [-0.3, -0.25) is 37.3 Å². The van der Waals surface area contributed by atoms with Gasteiger partial charge < -0.3 is 33.8 Å². The van der Waals surface area contributed by atoms with E-state index in [9.17, 15) is 43.2 Å². The van der Waals surface area contributed by atoms with Crippen LogP contribution in [0.3, 0.4) is 0 Å². The molecule has 17 nitrogen and oxygen atoms in total. The molecule has 0 spiro atoms. The van der Waals surface area contributed by atoms with E-state index in [1.807, 2.05) is 0 Å². The zero-order chi connectivity index (χ0) is 70.5. The maximum Gasteiger partial charge on any atom is 0.472 e. The standard InChI is InChI=1S/C77H150O17P2/c1-6-9-12-15-18-21-24-25-26-30-33-37-41-46-51-56-61-75(80)88-67-73(94-77(82)63-58-53-48-43-38-34-31-28-27-29-32-36-39-44-49-54-59-70(4)5)69-92-96(85,86)90-65-71(78)64-89-95(83,84)91-68-72(66-87-74(79)60-55-50-45-40-23-20-17-14-11-8-3)93-76(81)62-57-52-47-42-35-22-19-16-13-10-7-2/h70-73,78H,6-69H2,1-5H3,(H,83,84)(H,85,86)/t71-,72+,73+/m0/s1. The molecule has 0 saturated heterocycles. The number of rotatable bonds is 77. The lowest BCUT2D eigenvalue weighted by Crippen LogP contribution is -2.30. The number of carbonyl (C=O) groups is 4. The molecule has 3 N–H and O–H groups in total. The second kappa shape index (κ2) is 70.1. The molecule has 0 aromatic carbocycles.